The predicted molar refractivity (Wildman–Crippen MR) is 125 cm³/mol. The number of anilines is 2. The number of rotatable bonds is 5. The molecule has 36 heavy (non-hydrogen) atoms. The molecule has 0 bridgehead atoms. The molecule has 0 atom stereocenters. The Hall–Kier alpha value is -4.13. The van der Waals surface area contributed by atoms with Gasteiger partial charge in [0.15, 0.2) is 0 Å². The third-order valence-electron chi connectivity index (χ3n) is 7.02. The van der Waals surface area contributed by atoms with Crippen LogP contribution in [0.5, 0.6) is 0 Å². The number of benzene rings is 2. The van der Waals surface area contributed by atoms with Gasteiger partial charge in [-0.05, 0) is 55.2 Å². The van der Waals surface area contributed by atoms with Gasteiger partial charge in [-0.2, -0.15) is 23.5 Å². The summed E-state index contributed by atoms with van der Waals surface area (Å²) >= 11 is 0. The molecule has 3 aromatic rings. The van der Waals surface area contributed by atoms with E-state index in [4.69, 9.17) is 5.26 Å². The summed E-state index contributed by atoms with van der Waals surface area (Å²) in [6, 6.07) is 15.0. The highest BCUT2D eigenvalue weighted by molar-refractivity contribution is 6.15. The molecular formula is C26H22F3N5O2. The molecule has 0 unspecified atom stereocenters. The first-order valence-corrected chi connectivity index (χ1v) is 11.6. The molecule has 7 nitrogen and oxygen atoms in total. The molecule has 2 aliphatic rings. The van der Waals surface area contributed by atoms with Gasteiger partial charge in [0.2, 0.25) is 0 Å². The van der Waals surface area contributed by atoms with E-state index < -0.39 is 23.4 Å². The lowest BCUT2D eigenvalue weighted by Gasteiger charge is -2.43. The summed E-state index contributed by atoms with van der Waals surface area (Å²) in [7, 11) is 0. The number of hydrogen-bond donors (Lipinski definition) is 1. The molecule has 5 rings (SSSR count). The number of fused-ring (bicyclic) bond motifs is 1. The van der Waals surface area contributed by atoms with E-state index >= 15 is 0 Å². The van der Waals surface area contributed by atoms with Crippen molar-refractivity contribution in [2.45, 2.75) is 38.4 Å². The minimum atomic E-state index is -4.24. The highest BCUT2D eigenvalue weighted by Crippen LogP contribution is 2.54. The van der Waals surface area contributed by atoms with Gasteiger partial charge < -0.3 is 10.2 Å². The Morgan fingerprint density at radius 3 is 2.53 bits per heavy atom. The van der Waals surface area contributed by atoms with Crippen LogP contribution in [0, 0.1) is 16.7 Å². The third kappa shape index (κ3) is 4.11. The van der Waals surface area contributed by atoms with Crippen LogP contribution >= 0.6 is 0 Å². The number of alkyl halides is 3. The van der Waals surface area contributed by atoms with Crippen molar-refractivity contribution in [1.29, 1.82) is 5.26 Å². The van der Waals surface area contributed by atoms with Crippen LogP contribution in [0.4, 0.5) is 24.5 Å². The lowest BCUT2D eigenvalue weighted by Crippen LogP contribution is -2.45. The molecule has 184 valence electrons. The Bertz CT molecular complexity index is 1370. The van der Waals surface area contributed by atoms with Crippen molar-refractivity contribution in [3.8, 4) is 6.07 Å². The Morgan fingerprint density at radius 2 is 1.89 bits per heavy atom. The van der Waals surface area contributed by atoms with Crippen LogP contribution in [0.25, 0.3) is 0 Å². The zero-order chi connectivity index (χ0) is 25.5. The van der Waals surface area contributed by atoms with Crippen molar-refractivity contribution in [2.24, 2.45) is 5.41 Å². The normalized spacial score (nSPS) is 16.6. The summed E-state index contributed by atoms with van der Waals surface area (Å²) in [5, 5.41) is 15.9. The summed E-state index contributed by atoms with van der Waals surface area (Å²) in [6.45, 7) is 0.668. The first-order chi connectivity index (χ1) is 17.2. The molecule has 0 spiro atoms. The van der Waals surface area contributed by atoms with E-state index in [2.05, 4.69) is 10.4 Å². The summed E-state index contributed by atoms with van der Waals surface area (Å²) in [4.78, 5) is 27.8. The SMILES string of the molecule is N#Cc1cccc(NC(=O)c2cnn3c2C(=O)N(c2ccc(CC4(C(F)(F)F)CCC4)cc2)CC3)c1. The van der Waals surface area contributed by atoms with Gasteiger partial charge in [-0.15, -0.1) is 0 Å². The molecular weight excluding hydrogens is 471 g/mol. The van der Waals surface area contributed by atoms with Crippen molar-refractivity contribution < 1.29 is 22.8 Å². The van der Waals surface area contributed by atoms with Crippen LogP contribution in [0.1, 0.15) is 51.2 Å². The number of aromatic nitrogens is 2. The largest absolute Gasteiger partial charge is 0.394 e. The van der Waals surface area contributed by atoms with Gasteiger partial charge in [0, 0.05) is 17.9 Å². The van der Waals surface area contributed by atoms with Gasteiger partial charge in [-0.25, -0.2) is 0 Å². The lowest BCUT2D eigenvalue weighted by atomic mass is 9.65. The summed E-state index contributed by atoms with van der Waals surface area (Å²) in [5.74, 6) is -0.956. The number of nitrogens with zero attached hydrogens (tertiary/aromatic N) is 4. The van der Waals surface area contributed by atoms with Crippen molar-refractivity contribution >= 4 is 23.2 Å². The molecule has 0 radical (unpaired) electrons. The Labute approximate surface area is 205 Å². The van der Waals surface area contributed by atoms with E-state index in [1.54, 1.807) is 42.5 Å². The second-order valence-corrected chi connectivity index (χ2v) is 9.21. The Balaban J connectivity index is 1.34. The molecule has 1 N–H and O–H groups in total. The number of amides is 2. The first-order valence-electron chi connectivity index (χ1n) is 11.6. The molecule has 2 heterocycles. The van der Waals surface area contributed by atoms with Crippen molar-refractivity contribution in [3.63, 3.8) is 0 Å². The quantitative estimate of drug-likeness (QED) is 0.545. The topological polar surface area (TPSA) is 91.0 Å². The highest BCUT2D eigenvalue weighted by atomic mass is 19.4. The zero-order valence-corrected chi connectivity index (χ0v) is 19.2. The first kappa shape index (κ1) is 23.6. The van der Waals surface area contributed by atoms with Crippen LogP contribution in [-0.2, 0) is 13.0 Å². The highest BCUT2D eigenvalue weighted by Gasteiger charge is 2.57. The maximum Gasteiger partial charge on any atom is 0.394 e. The fourth-order valence-corrected chi connectivity index (χ4v) is 4.83. The number of carbonyl (C=O) groups excluding carboxylic acids is 2. The average Bonchev–Trinajstić information content (AvgIpc) is 3.27. The van der Waals surface area contributed by atoms with Crippen molar-refractivity contribution in [3.05, 3.63) is 77.1 Å². The maximum absolute atomic E-state index is 13.5. The van der Waals surface area contributed by atoms with E-state index in [-0.39, 0.29) is 30.5 Å². The molecule has 1 saturated carbocycles. The van der Waals surface area contributed by atoms with E-state index in [9.17, 15) is 22.8 Å². The number of nitrogens with one attached hydrogen (secondary N) is 1. The molecule has 1 aromatic heterocycles. The molecule has 10 heteroatoms. The summed E-state index contributed by atoms with van der Waals surface area (Å²) in [6.07, 6.45) is -2.13. The standard InChI is InChI=1S/C26H22F3N5O2/c27-26(28,29)25(9-2-10-25)14-17-5-7-20(8-6-17)33-11-12-34-22(24(33)36)21(16-31-34)23(35)32-19-4-1-3-18(13-19)15-30/h1,3-8,13,16H,2,9-12,14H2,(H,32,35). The van der Waals surface area contributed by atoms with Gasteiger partial charge >= 0.3 is 6.18 Å². The molecule has 1 aliphatic carbocycles. The van der Waals surface area contributed by atoms with Crippen LogP contribution in [0.2, 0.25) is 0 Å². The second kappa shape index (κ2) is 8.82. The Morgan fingerprint density at radius 1 is 1.14 bits per heavy atom. The smallest absolute Gasteiger partial charge is 0.322 e. The number of halogens is 3. The number of carbonyl (C=O) groups is 2. The second-order valence-electron chi connectivity index (χ2n) is 9.21. The number of hydrogen-bond acceptors (Lipinski definition) is 4. The maximum atomic E-state index is 13.5. The third-order valence-corrected chi connectivity index (χ3v) is 7.02. The minimum Gasteiger partial charge on any atom is -0.322 e. The van der Waals surface area contributed by atoms with Gasteiger partial charge in [0.1, 0.15) is 5.69 Å². The molecule has 1 aliphatic heterocycles. The van der Waals surface area contributed by atoms with E-state index in [0.29, 0.717) is 42.0 Å². The summed E-state index contributed by atoms with van der Waals surface area (Å²) < 4.78 is 42.1. The monoisotopic (exact) mass is 493 g/mol. The molecule has 2 amide bonds. The van der Waals surface area contributed by atoms with Crippen LogP contribution < -0.4 is 10.2 Å². The fraction of sp³-hybridized carbons (Fsp3) is 0.308. The predicted octanol–water partition coefficient (Wildman–Crippen LogP) is 4.94. The van der Waals surface area contributed by atoms with Gasteiger partial charge in [0.05, 0.1) is 35.4 Å². The van der Waals surface area contributed by atoms with Gasteiger partial charge in [-0.3, -0.25) is 14.3 Å². The minimum absolute atomic E-state index is 0.0746. The van der Waals surface area contributed by atoms with E-state index in [1.807, 2.05) is 6.07 Å². The van der Waals surface area contributed by atoms with Crippen molar-refractivity contribution in [2.75, 3.05) is 16.8 Å². The van der Waals surface area contributed by atoms with Crippen LogP contribution in [0.3, 0.4) is 0 Å². The summed E-state index contributed by atoms with van der Waals surface area (Å²) in [5.41, 5.74) is 0.484. The average molecular weight is 493 g/mol. The van der Waals surface area contributed by atoms with Crippen molar-refractivity contribution in [1.82, 2.24) is 9.78 Å². The Kier molecular flexibility index (Phi) is 5.79. The van der Waals surface area contributed by atoms with Gasteiger partial charge in [0.25, 0.3) is 11.8 Å². The molecule has 2 aromatic carbocycles. The van der Waals surface area contributed by atoms with Crippen LogP contribution in [0.15, 0.2) is 54.7 Å². The van der Waals surface area contributed by atoms with E-state index in [1.165, 1.54) is 21.8 Å². The number of nitriles is 1. The molecule has 0 saturated heterocycles. The lowest BCUT2D eigenvalue weighted by molar-refractivity contribution is -0.250. The zero-order valence-electron chi connectivity index (χ0n) is 19.2. The van der Waals surface area contributed by atoms with Gasteiger partial charge in [-0.1, -0.05) is 24.6 Å². The van der Waals surface area contributed by atoms with Crippen LogP contribution in [-0.4, -0.2) is 34.3 Å². The van der Waals surface area contributed by atoms with E-state index in [0.717, 1.165) is 0 Å². The molecule has 1 fully saturated rings. The fourth-order valence-electron chi connectivity index (χ4n) is 4.83.